The van der Waals surface area contributed by atoms with Gasteiger partial charge in [0.25, 0.3) is 0 Å². The predicted octanol–water partition coefficient (Wildman–Crippen LogP) is 0.641. The molecule has 1 aliphatic heterocycles. The number of likely N-dealkylation sites (tertiary alicyclic amines) is 1. The second-order valence-corrected chi connectivity index (χ2v) is 5.27. The summed E-state index contributed by atoms with van der Waals surface area (Å²) in [4.78, 5) is 4.65. The Labute approximate surface area is 87.7 Å². The summed E-state index contributed by atoms with van der Waals surface area (Å²) in [6, 6.07) is 0. The van der Waals surface area contributed by atoms with Crippen molar-refractivity contribution in [3.63, 3.8) is 0 Å². The van der Waals surface area contributed by atoms with Crippen LogP contribution in [0.1, 0.15) is 20.3 Å². The Morgan fingerprint density at radius 2 is 2.14 bits per heavy atom. The van der Waals surface area contributed by atoms with Crippen molar-refractivity contribution >= 4 is 0 Å². The minimum absolute atomic E-state index is 0.0822. The molecule has 0 aromatic rings. The zero-order chi connectivity index (χ0) is 10.8. The van der Waals surface area contributed by atoms with Crippen molar-refractivity contribution < 1.29 is 5.11 Å². The van der Waals surface area contributed by atoms with Crippen molar-refractivity contribution in [3.8, 4) is 0 Å². The average molecular weight is 200 g/mol. The molecule has 14 heavy (non-hydrogen) atoms. The molecule has 1 N–H and O–H groups in total. The molecule has 1 rings (SSSR count). The van der Waals surface area contributed by atoms with Gasteiger partial charge in [0.2, 0.25) is 0 Å². The van der Waals surface area contributed by atoms with Gasteiger partial charge in [0.15, 0.2) is 0 Å². The number of hydrogen-bond donors (Lipinski definition) is 1. The van der Waals surface area contributed by atoms with Crippen molar-refractivity contribution in [2.45, 2.75) is 25.8 Å². The van der Waals surface area contributed by atoms with Crippen LogP contribution < -0.4 is 0 Å². The van der Waals surface area contributed by atoms with Crippen molar-refractivity contribution in [2.24, 2.45) is 5.92 Å². The average Bonchev–Trinajstić information content (AvgIpc) is 2.51. The van der Waals surface area contributed by atoms with E-state index < -0.39 is 0 Å². The van der Waals surface area contributed by atoms with Gasteiger partial charge in [0, 0.05) is 18.6 Å². The van der Waals surface area contributed by atoms with Crippen molar-refractivity contribution in [3.05, 3.63) is 0 Å². The molecule has 1 fully saturated rings. The van der Waals surface area contributed by atoms with Crippen LogP contribution in [0.15, 0.2) is 0 Å². The Hall–Kier alpha value is -0.120. The Morgan fingerprint density at radius 1 is 1.50 bits per heavy atom. The molecule has 3 nitrogen and oxygen atoms in total. The van der Waals surface area contributed by atoms with Gasteiger partial charge >= 0.3 is 0 Å². The number of rotatable bonds is 4. The first kappa shape index (κ1) is 12.0. The minimum Gasteiger partial charge on any atom is -0.394 e. The lowest BCUT2D eigenvalue weighted by Gasteiger charge is -2.35. The molecule has 3 heteroatoms. The van der Waals surface area contributed by atoms with E-state index in [9.17, 15) is 5.11 Å². The van der Waals surface area contributed by atoms with Crippen molar-refractivity contribution in [1.29, 1.82) is 0 Å². The standard InChI is InChI=1S/C11H24N2O/c1-11(2,9-14)13(4)8-10-5-6-12(3)7-10/h10,14H,5-9H2,1-4H3. The summed E-state index contributed by atoms with van der Waals surface area (Å²) in [5, 5.41) is 9.24. The smallest absolute Gasteiger partial charge is 0.0609 e. The summed E-state index contributed by atoms with van der Waals surface area (Å²) in [7, 11) is 4.28. The second kappa shape index (κ2) is 4.60. The Balaban J connectivity index is 2.37. The Kier molecular flexibility index (Phi) is 3.93. The van der Waals surface area contributed by atoms with Crippen LogP contribution in [0.25, 0.3) is 0 Å². The number of hydrogen-bond acceptors (Lipinski definition) is 3. The van der Waals surface area contributed by atoms with Gasteiger partial charge in [0.05, 0.1) is 6.61 Å². The van der Waals surface area contributed by atoms with Crippen LogP contribution in [-0.2, 0) is 0 Å². The highest BCUT2D eigenvalue weighted by Gasteiger charge is 2.27. The van der Waals surface area contributed by atoms with Crippen LogP contribution in [0, 0.1) is 5.92 Å². The van der Waals surface area contributed by atoms with Gasteiger partial charge in [-0.1, -0.05) is 0 Å². The fourth-order valence-corrected chi connectivity index (χ4v) is 1.93. The maximum Gasteiger partial charge on any atom is 0.0609 e. The van der Waals surface area contributed by atoms with Gasteiger partial charge < -0.3 is 10.0 Å². The molecule has 1 aliphatic rings. The zero-order valence-corrected chi connectivity index (χ0v) is 9.95. The largest absolute Gasteiger partial charge is 0.394 e. The van der Waals surface area contributed by atoms with Crippen LogP contribution in [0.3, 0.4) is 0 Å². The Bertz CT molecular complexity index is 182. The molecule has 0 radical (unpaired) electrons. The topological polar surface area (TPSA) is 26.7 Å². The molecule has 0 aromatic heterocycles. The van der Waals surface area contributed by atoms with E-state index in [0.29, 0.717) is 0 Å². The van der Waals surface area contributed by atoms with E-state index in [0.717, 1.165) is 12.5 Å². The third-order valence-corrected chi connectivity index (χ3v) is 3.44. The minimum atomic E-state index is -0.0822. The van der Waals surface area contributed by atoms with Gasteiger partial charge in [-0.2, -0.15) is 0 Å². The van der Waals surface area contributed by atoms with E-state index in [4.69, 9.17) is 0 Å². The molecular formula is C11H24N2O. The van der Waals surface area contributed by atoms with Crippen LogP contribution in [0.2, 0.25) is 0 Å². The lowest BCUT2D eigenvalue weighted by atomic mass is 10.0. The highest BCUT2D eigenvalue weighted by atomic mass is 16.3. The molecule has 0 aliphatic carbocycles. The summed E-state index contributed by atoms with van der Waals surface area (Å²) in [5.74, 6) is 0.774. The fraction of sp³-hybridized carbons (Fsp3) is 1.00. The SMILES string of the molecule is CN1CCC(CN(C)C(C)(C)CO)C1. The number of aliphatic hydroxyl groups excluding tert-OH is 1. The lowest BCUT2D eigenvalue weighted by Crippen LogP contribution is -2.46. The van der Waals surface area contributed by atoms with E-state index in [2.05, 4.69) is 37.7 Å². The third kappa shape index (κ3) is 2.94. The van der Waals surface area contributed by atoms with Gasteiger partial charge in [-0.3, -0.25) is 4.90 Å². The molecule has 1 heterocycles. The van der Waals surface area contributed by atoms with Crippen molar-refractivity contribution in [2.75, 3.05) is 40.3 Å². The van der Waals surface area contributed by atoms with Crippen LogP contribution in [0.5, 0.6) is 0 Å². The summed E-state index contributed by atoms with van der Waals surface area (Å²) in [6.45, 7) is 7.92. The molecule has 0 bridgehead atoms. The zero-order valence-electron chi connectivity index (χ0n) is 9.95. The van der Waals surface area contributed by atoms with Crippen LogP contribution in [-0.4, -0.2) is 60.8 Å². The monoisotopic (exact) mass is 200 g/mol. The van der Waals surface area contributed by atoms with Gasteiger partial charge in [0.1, 0.15) is 0 Å². The van der Waals surface area contributed by atoms with Crippen molar-refractivity contribution in [1.82, 2.24) is 9.80 Å². The number of likely N-dealkylation sites (N-methyl/N-ethyl adjacent to an activating group) is 1. The summed E-state index contributed by atoms with van der Waals surface area (Å²) < 4.78 is 0. The lowest BCUT2D eigenvalue weighted by molar-refractivity contribution is 0.0674. The molecule has 1 atom stereocenters. The number of aliphatic hydroxyl groups is 1. The Morgan fingerprint density at radius 3 is 2.57 bits per heavy atom. The van der Waals surface area contributed by atoms with Crippen LogP contribution in [0.4, 0.5) is 0 Å². The van der Waals surface area contributed by atoms with Gasteiger partial charge in [-0.15, -0.1) is 0 Å². The summed E-state index contributed by atoms with van der Waals surface area (Å²) >= 11 is 0. The summed E-state index contributed by atoms with van der Waals surface area (Å²) in [5.41, 5.74) is -0.0822. The maximum atomic E-state index is 9.24. The van der Waals surface area contributed by atoms with Crippen LogP contribution >= 0.6 is 0 Å². The molecule has 0 aromatic carbocycles. The molecule has 84 valence electrons. The van der Waals surface area contributed by atoms with E-state index in [-0.39, 0.29) is 12.1 Å². The first-order chi connectivity index (χ1) is 6.45. The van der Waals surface area contributed by atoms with Gasteiger partial charge in [-0.25, -0.2) is 0 Å². The second-order valence-electron chi connectivity index (χ2n) is 5.27. The molecule has 0 saturated carbocycles. The summed E-state index contributed by atoms with van der Waals surface area (Å²) in [6.07, 6.45) is 1.29. The maximum absolute atomic E-state index is 9.24. The molecule has 1 unspecified atom stereocenters. The van der Waals surface area contributed by atoms with Gasteiger partial charge in [-0.05, 0) is 46.8 Å². The number of nitrogens with zero attached hydrogens (tertiary/aromatic N) is 2. The fourth-order valence-electron chi connectivity index (χ4n) is 1.93. The third-order valence-electron chi connectivity index (χ3n) is 3.44. The normalized spacial score (nSPS) is 24.9. The highest BCUT2D eigenvalue weighted by Crippen LogP contribution is 2.19. The van der Waals surface area contributed by atoms with E-state index in [1.54, 1.807) is 0 Å². The van der Waals surface area contributed by atoms with E-state index in [1.165, 1.54) is 19.5 Å². The van der Waals surface area contributed by atoms with E-state index in [1.807, 2.05) is 0 Å². The predicted molar refractivity (Wildman–Crippen MR) is 59.4 cm³/mol. The first-order valence-electron chi connectivity index (χ1n) is 5.46. The highest BCUT2D eigenvalue weighted by molar-refractivity contribution is 4.82. The van der Waals surface area contributed by atoms with E-state index >= 15 is 0 Å². The first-order valence-corrected chi connectivity index (χ1v) is 5.46. The quantitative estimate of drug-likeness (QED) is 0.721. The molecule has 0 spiro atoms. The molecule has 0 amide bonds. The molecular weight excluding hydrogens is 176 g/mol. The molecule has 1 saturated heterocycles.